The Labute approximate surface area is 77.9 Å². The van der Waals surface area contributed by atoms with Crippen LogP contribution in [0, 0.1) is 0 Å². The molecule has 1 atom stereocenters. The van der Waals surface area contributed by atoms with E-state index in [1.165, 1.54) is 19.2 Å². The maximum absolute atomic E-state index is 5.13. The highest BCUT2D eigenvalue weighted by atomic mass is 16.3. The lowest BCUT2D eigenvalue weighted by Gasteiger charge is -2.18. The molecule has 1 heterocycles. The van der Waals surface area contributed by atoms with Crippen LogP contribution in [0.25, 0.3) is 0 Å². The highest BCUT2D eigenvalue weighted by molar-refractivity contribution is 4.94. The summed E-state index contributed by atoms with van der Waals surface area (Å²) in [4.78, 5) is 3.87. The Kier molecular flexibility index (Phi) is 2.77. The third-order valence-corrected chi connectivity index (χ3v) is 2.32. The highest BCUT2D eigenvalue weighted by Crippen LogP contribution is 2.11. The van der Waals surface area contributed by atoms with Gasteiger partial charge >= 0.3 is 0 Å². The van der Waals surface area contributed by atoms with Gasteiger partial charge in [0.2, 0.25) is 0 Å². The van der Waals surface area contributed by atoms with E-state index in [1.807, 2.05) is 0 Å². The second-order valence-corrected chi connectivity index (χ2v) is 3.33. The monoisotopic (exact) mass is 178 g/mol. The summed E-state index contributed by atoms with van der Waals surface area (Å²) in [6, 6.07) is 0.607. The Bertz CT molecular complexity index is 266. The smallest absolute Gasteiger partial charge is 0.180 e. The van der Waals surface area contributed by atoms with Crippen LogP contribution < -0.4 is 5.32 Å². The van der Waals surface area contributed by atoms with E-state index >= 15 is 0 Å². The Balaban J connectivity index is 1.76. The molecule has 0 aliphatic heterocycles. The highest BCUT2D eigenvalue weighted by Gasteiger charge is 2.09. The minimum Gasteiger partial charge on any atom is -0.447 e. The average molecular weight is 178 g/mol. The molecule has 3 nitrogen and oxygen atoms in total. The standard InChI is InChI=1S/C10H14N2O/c1-2-4-9(5-3-1)12-7-10-6-11-8-13-10/h1-2,6,8-9,12H,3-5,7H2. The summed E-state index contributed by atoms with van der Waals surface area (Å²) < 4.78 is 5.13. The lowest BCUT2D eigenvalue weighted by atomic mass is 10.0. The number of allylic oxidation sites excluding steroid dienone is 1. The largest absolute Gasteiger partial charge is 0.447 e. The summed E-state index contributed by atoms with van der Waals surface area (Å²) in [5.41, 5.74) is 0. The van der Waals surface area contributed by atoms with Gasteiger partial charge in [0, 0.05) is 6.04 Å². The van der Waals surface area contributed by atoms with E-state index < -0.39 is 0 Å². The normalized spacial score (nSPS) is 22.0. The van der Waals surface area contributed by atoms with Crippen molar-refractivity contribution in [2.45, 2.75) is 31.8 Å². The fraction of sp³-hybridized carbons (Fsp3) is 0.500. The zero-order valence-corrected chi connectivity index (χ0v) is 7.57. The van der Waals surface area contributed by atoms with Crippen LogP contribution in [0.2, 0.25) is 0 Å². The molecule has 0 bridgehead atoms. The Morgan fingerprint density at radius 3 is 3.23 bits per heavy atom. The number of rotatable bonds is 3. The molecule has 0 aromatic carbocycles. The number of aromatic nitrogens is 1. The molecule has 0 saturated heterocycles. The van der Waals surface area contributed by atoms with Gasteiger partial charge in [0.05, 0.1) is 12.7 Å². The van der Waals surface area contributed by atoms with Gasteiger partial charge < -0.3 is 9.73 Å². The van der Waals surface area contributed by atoms with Gasteiger partial charge in [-0.25, -0.2) is 4.98 Å². The van der Waals surface area contributed by atoms with Crippen molar-refractivity contribution in [3.63, 3.8) is 0 Å². The zero-order chi connectivity index (χ0) is 8.93. The van der Waals surface area contributed by atoms with Crippen LogP contribution in [0.4, 0.5) is 0 Å². The Hall–Kier alpha value is -1.09. The molecule has 1 aromatic heterocycles. The first-order valence-electron chi connectivity index (χ1n) is 4.71. The zero-order valence-electron chi connectivity index (χ0n) is 7.57. The molecule has 0 radical (unpaired) electrons. The summed E-state index contributed by atoms with van der Waals surface area (Å²) in [6.07, 6.45) is 11.3. The lowest BCUT2D eigenvalue weighted by molar-refractivity contribution is 0.424. The fourth-order valence-electron chi connectivity index (χ4n) is 1.55. The van der Waals surface area contributed by atoms with E-state index in [0.29, 0.717) is 6.04 Å². The van der Waals surface area contributed by atoms with Crippen LogP contribution in [0.3, 0.4) is 0 Å². The predicted molar refractivity (Wildman–Crippen MR) is 50.1 cm³/mol. The van der Waals surface area contributed by atoms with E-state index in [4.69, 9.17) is 4.42 Å². The fourth-order valence-corrected chi connectivity index (χ4v) is 1.55. The molecule has 1 N–H and O–H groups in total. The first-order valence-corrected chi connectivity index (χ1v) is 4.71. The van der Waals surface area contributed by atoms with E-state index in [-0.39, 0.29) is 0 Å². The van der Waals surface area contributed by atoms with Crippen molar-refractivity contribution in [2.24, 2.45) is 0 Å². The molecule has 13 heavy (non-hydrogen) atoms. The molecule has 1 unspecified atom stereocenters. The first kappa shape index (κ1) is 8.51. The van der Waals surface area contributed by atoms with Gasteiger partial charge in [-0.2, -0.15) is 0 Å². The first-order chi connectivity index (χ1) is 6.45. The summed E-state index contributed by atoms with van der Waals surface area (Å²) in [7, 11) is 0. The van der Waals surface area contributed by atoms with Crippen LogP contribution in [-0.4, -0.2) is 11.0 Å². The van der Waals surface area contributed by atoms with Crippen molar-refractivity contribution in [2.75, 3.05) is 0 Å². The van der Waals surface area contributed by atoms with Crippen molar-refractivity contribution in [1.82, 2.24) is 10.3 Å². The molecule has 70 valence electrons. The summed E-state index contributed by atoms with van der Waals surface area (Å²) in [5, 5.41) is 3.44. The molecule has 0 fully saturated rings. The van der Waals surface area contributed by atoms with Gasteiger partial charge in [0.25, 0.3) is 0 Å². The molecule has 1 aliphatic rings. The van der Waals surface area contributed by atoms with E-state index in [2.05, 4.69) is 22.5 Å². The number of oxazole rings is 1. The maximum Gasteiger partial charge on any atom is 0.180 e. The summed E-state index contributed by atoms with van der Waals surface area (Å²) in [5.74, 6) is 0.912. The molecule has 3 heteroatoms. The van der Waals surface area contributed by atoms with Crippen molar-refractivity contribution < 1.29 is 4.42 Å². The molecular weight excluding hydrogens is 164 g/mol. The minimum absolute atomic E-state index is 0.607. The van der Waals surface area contributed by atoms with Crippen molar-refractivity contribution in [3.05, 3.63) is 30.5 Å². The van der Waals surface area contributed by atoms with Crippen LogP contribution in [0.5, 0.6) is 0 Å². The maximum atomic E-state index is 5.13. The quantitative estimate of drug-likeness (QED) is 0.718. The summed E-state index contributed by atoms with van der Waals surface area (Å²) >= 11 is 0. The molecule has 0 amide bonds. The van der Waals surface area contributed by atoms with Gasteiger partial charge in [-0.3, -0.25) is 0 Å². The second-order valence-electron chi connectivity index (χ2n) is 3.33. The molecule has 1 aromatic rings. The van der Waals surface area contributed by atoms with Crippen LogP contribution in [0.1, 0.15) is 25.0 Å². The molecule has 2 rings (SSSR count). The number of nitrogens with zero attached hydrogens (tertiary/aromatic N) is 1. The van der Waals surface area contributed by atoms with Gasteiger partial charge in [0.15, 0.2) is 6.39 Å². The van der Waals surface area contributed by atoms with E-state index in [9.17, 15) is 0 Å². The number of nitrogens with one attached hydrogen (secondary N) is 1. The van der Waals surface area contributed by atoms with Crippen molar-refractivity contribution >= 4 is 0 Å². The molecular formula is C10H14N2O. The minimum atomic E-state index is 0.607. The van der Waals surface area contributed by atoms with Crippen LogP contribution in [-0.2, 0) is 6.54 Å². The van der Waals surface area contributed by atoms with Crippen LogP contribution >= 0.6 is 0 Å². The van der Waals surface area contributed by atoms with Crippen LogP contribution in [0.15, 0.2) is 29.2 Å². The third kappa shape index (κ3) is 2.42. The lowest BCUT2D eigenvalue weighted by Crippen LogP contribution is -2.28. The van der Waals surface area contributed by atoms with Crippen molar-refractivity contribution in [1.29, 1.82) is 0 Å². The molecule has 0 saturated carbocycles. The van der Waals surface area contributed by atoms with Gasteiger partial charge in [-0.1, -0.05) is 12.2 Å². The number of hydrogen-bond donors (Lipinski definition) is 1. The van der Waals surface area contributed by atoms with Gasteiger partial charge in [-0.05, 0) is 19.3 Å². The third-order valence-electron chi connectivity index (χ3n) is 2.32. The SMILES string of the molecule is C1=CCC(NCc2cnco2)CC1. The number of hydrogen-bond acceptors (Lipinski definition) is 3. The van der Waals surface area contributed by atoms with Crippen molar-refractivity contribution in [3.8, 4) is 0 Å². The predicted octanol–water partition coefficient (Wildman–Crippen LogP) is 1.87. The Morgan fingerprint density at radius 1 is 1.54 bits per heavy atom. The van der Waals surface area contributed by atoms with Gasteiger partial charge in [0.1, 0.15) is 5.76 Å². The molecule has 1 aliphatic carbocycles. The average Bonchev–Trinajstić information content (AvgIpc) is 2.69. The topological polar surface area (TPSA) is 38.1 Å². The molecule has 0 spiro atoms. The Morgan fingerprint density at radius 2 is 2.54 bits per heavy atom. The van der Waals surface area contributed by atoms with E-state index in [1.54, 1.807) is 6.20 Å². The van der Waals surface area contributed by atoms with E-state index in [0.717, 1.165) is 18.7 Å². The summed E-state index contributed by atoms with van der Waals surface area (Å²) in [6.45, 7) is 0.790. The van der Waals surface area contributed by atoms with Gasteiger partial charge in [-0.15, -0.1) is 0 Å². The second kappa shape index (κ2) is 4.23.